The van der Waals surface area contributed by atoms with Crippen LogP contribution in [0.1, 0.15) is 37.8 Å². The van der Waals surface area contributed by atoms with Crippen LogP contribution in [0.15, 0.2) is 18.2 Å². The number of nitrogens with two attached hydrogens (primary N) is 1. The van der Waals surface area contributed by atoms with E-state index >= 15 is 0 Å². The molecule has 0 fully saturated rings. The number of hydrogen-bond acceptors (Lipinski definition) is 2. The molecule has 86 valence electrons. The van der Waals surface area contributed by atoms with Gasteiger partial charge in [-0.25, -0.2) is 0 Å². The highest BCUT2D eigenvalue weighted by molar-refractivity contribution is 6.30. The number of aromatic hydroxyl groups is 1. The van der Waals surface area contributed by atoms with Crippen molar-refractivity contribution in [2.45, 2.75) is 32.2 Å². The summed E-state index contributed by atoms with van der Waals surface area (Å²) in [6.07, 6.45) is 3.05. The molecule has 2 nitrogen and oxygen atoms in total. The Kier molecular flexibility index (Phi) is 6.73. The number of unbranched alkanes of at least 4 members (excludes halogenated alkanes) is 1. The molecule has 3 N–H and O–H groups in total. The summed E-state index contributed by atoms with van der Waals surface area (Å²) in [5.74, 6) is 0.234. The van der Waals surface area contributed by atoms with E-state index in [-0.39, 0.29) is 24.2 Å². The van der Waals surface area contributed by atoms with E-state index in [2.05, 4.69) is 6.92 Å². The zero-order chi connectivity index (χ0) is 10.6. The van der Waals surface area contributed by atoms with Crippen molar-refractivity contribution in [2.24, 2.45) is 5.73 Å². The molecule has 0 aliphatic rings. The van der Waals surface area contributed by atoms with Gasteiger partial charge in [0.05, 0.1) is 0 Å². The molecule has 0 heterocycles. The van der Waals surface area contributed by atoms with Crippen molar-refractivity contribution in [3.8, 4) is 5.75 Å². The summed E-state index contributed by atoms with van der Waals surface area (Å²) < 4.78 is 0. The molecule has 0 radical (unpaired) electrons. The Morgan fingerprint density at radius 3 is 2.73 bits per heavy atom. The fourth-order valence-corrected chi connectivity index (χ4v) is 1.58. The third-order valence-electron chi connectivity index (χ3n) is 2.26. The second kappa shape index (κ2) is 6.94. The van der Waals surface area contributed by atoms with Gasteiger partial charge in [0.25, 0.3) is 0 Å². The number of hydrogen-bond donors (Lipinski definition) is 2. The van der Waals surface area contributed by atoms with Crippen LogP contribution in [-0.4, -0.2) is 5.11 Å². The van der Waals surface area contributed by atoms with E-state index in [0.29, 0.717) is 5.02 Å². The van der Waals surface area contributed by atoms with Crippen molar-refractivity contribution in [3.63, 3.8) is 0 Å². The lowest BCUT2D eigenvalue weighted by molar-refractivity contribution is 0.456. The van der Waals surface area contributed by atoms with Gasteiger partial charge in [-0.1, -0.05) is 31.4 Å². The summed E-state index contributed by atoms with van der Waals surface area (Å²) in [5, 5.41) is 10.2. The first-order valence-electron chi connectivity index (χ1n) is 4.89. The fraction of sp³-hybridized carbons (Fsp3) is 0.455. The standard InChI is InChI=1S/C11H16ClNO.ClH/c1-2-3-4-10(13)9-7-8(12)5-6-11(9)14;/h5-7,10,14H,2-4,13H2,1H3;1H/t10-;/m1./s1. The second-order valence-corrected chi connectivity index (χ2v) is 3.89. The third kappa shape index (κ3) is 4.29. The molecule has 1 atom stereocenters. The van der Waals surface area contributed by atoms with Gasteiger partial charge in [0.1, 0.15) is 5.75 Å². The lowest BCUT2D eigenvalue weighted by Crippen LogP contribution is -2.10. The smallest absolute Gasteiger partial charge is 0.120 e. The lowest BCUT2D eigenvalue weighted by Gasteiger charge is -2.13. The Morgan fingerprint density at radius 1 is 1.47 bits per heavy atom. The van der Waals surface area contributed by atoms with Crippen LogP contribution in [-0.2, 0) is 0 Å². The van der Waals surface area contributed by atoms with Crippen LogP contribution >= 0.6 is 24.0 Å². The number of rotatable bonds is 4. The first-order chi connectivity index (χ1) is 6.65. The number of phenols is 1. The first kappa shape index (κ1) is 14.6. The van der Waals surface area contributed by atoms with E-state index in [1.807, 2.05) is 0 Å². The molecular weight excluding hydrogens is 233 g/mol. The maximum atomic E-state index is 9.57. The van der Waals surface area contributed by atoms with Crippen molar-refractivity contribution >= 4 is 24.0 Å². The normalized spacial score (nSPS) is 11.9. The Labute approximate surface area is 102 Å². The van der Waals surface area contributed by atoms with Crippen LogP contribution in [0.2, 0.25) is 5.02 Å². The lowest BCUT2D eigenvalue weighted by atomic mass is 10.0. The summed E-state index contributed by atoms with van der Waals surface area (Å²) in [4.78, 5) is 0. The van der Waals surface area contributed by atoms with Crippen molar-refractivity contribution in [3.05, 3.63) is 28.8 Å². The Morgan fingerprint density at radius 2 is 2.13 bits per heavy atom. The van der Waals surface area contributed by atoms with E-state index in [9.17, 15) is 5.11 Å². The van der Waals surface area contributed by atoms with Gasteiger partial charge in [0.15, 0.2) is 0 Å². The van der Waals surface area contributed by atoms with E-state index in [4.69, 9.17) is 17.3 Å². The van der Waals surface area contributed by atoms with Crippen molar-refractivity contribution in [1.82, 2.24) is 0 Å². The highest BCUT2D eigenvalue weighted by atomic mass is 35.5. The zero-order valence-electron chi connectivity index (χ0n) is 8.74. The molecule has 0 unspecified atom stereocenters. The Bertz CT molecular complexity index is 305. The first-order valence-corrected chi connectivity index (χ1v) is 5.27. The molecule has 1 aromatic rings. The SMILES string of the molecule is CCCC[C@@H](N)c1cc(Cl)ccc1O.Cl. The molecule has 1 rings (SSSR count). The summed E-state index contributed by atoms with van der Waals surface area (Å²) >= 11 is 5.83. The highest BCUT2D eigenvalue weighted by Crippen LogP contribution is 2.28. The summed E-state index contributed by atoms with van der Waals surface area (Å²) in [7, 11) is 0. The minimum Gasteiger partial charge on any atom is -0.508 e. The fourth-order valence-electron chi connectivity index (χ4n) is 1.40. The molecule has 15 heavy (non-hydrogen) atoms. The molecule has 0 aliphatic carbocycles. The largest absolute Gasteiger partial charge is 0.508 e. The van der Waals surface area contributed by atoms with Crippen LogP contribution < -0.4 is 5.73 Å². The number of phenolic OH excluding ortho intramolecular Hbond substituents is 1. The second-order valence-electron chi connectivity index (χ2n) is 3.45. The zero-order valence-corrected chi connectivity index (χ0v) is 10.3. The predicted octanol–water partition coefficient (Wildman–Crippen LogP) is 3.66. The topological polar surface area (TPSA) is 46.2 Å². The van der Waals surface area contributed by atoms with Gasteiger partial charge < -0.3 is 10.8 Å². The molecule has 0 bridgehead atoms. The average Bonchev–Trinajstić information content (AvgIpc) is 2.18. The molecule has 0 spiro atoms. The van der Waals surface area contributed by atoms with Crippen LogP contribution in [0.5, 0.6) is 5.75 Å². The minimum absolute atomic E-state index is 0. The quantitative estimate of drug-likeness (QED) is 0.856. The summed E-state index contributed by atoms with van der Waals surface area (Å²) in [6, 6.07) is 4.86. The van der Waals surface area contributed by atoms with Gasteiger partial charge in [-0.2, -0.15) is 0 Å². The van der Waals surface area contributed by atoms with Crippen molar-refractivity contribution < 1.29 is 5.11 Å². The van der Waals surface area contributed by atoms with Crippen LogP contribution in [0.3, 0.4) is 0 Å². The molecule has 0 saturated heterocycles. The Balaban J connectivity index is 0.00000196. The van der Waals surface area contributed by atoms with Crippen LogP contribution in [0, 0.1) is 0 Å². The molecule has 1 aromatic carbocycles. The summed E-state index contributed by atoms with van der Waals surface area (Å²) in [6.45, 7) is 2.12. The van der Waals surface area contributed by atoms with Gasteiger partial charge in [-0.05, 0) is 24.6 Å². The minimum atomic E-state index is -0.117. The van der Waals surface area contributed by atoms with Gasteiger partial charge >= 0.3 is 0 Å². The molecule has 0 aliphatic heterocycles. The highest BCUT2D eigenvalue weighted by Gasteiger charge is 2.10. The summed E-state index contributed by atoms with van der Waals surface area (Å²) in [5.41, 5.74) is 6.67. The van der Waals surface area contributed by atoms with Crippen LogP contribution in [0.4, 0.5) is 0 Å². The monoisotopic (exact) mass is 249 g/mol. The van der Waals surface area contributed by atoms with E-state index in [0.717, 1.165) is 24.8 Å². The third-order valence-corrected chi connectivity index (χ3v) is 2.49. The van der Waals surface area contributed by atoms with Crippen LogP contribution in [0.25, 0.3) is 0 Å². The van der Waals surface area contributed by atoms with Crippen molar-refractivity contribution in [1.29, 1.82) is 0 Å². The Hall–Kier alpha value is -0.440. The maximum absolute atomic E-state index is 9.57. The molecule has 0 saturated carbocycles. The molecule has 0 aromatic heterocycles. The van der Waals surface area contributed by atoms with Gasteiger partial charge in [-0.15, -0.1) is 12.4 Å². The van der Waals surface area contributed by atoms with E-state index < -0.39 is 0 Å². The molecular formula is C11H17Cl2NO. The molecule has 4 heteroatoms. The maximum Gasteiger partial charge on any atom is 0.120 e. The van der Waals surface area contributed by atoms with Crippen molar-refractivity contribution in [2.75, 3.05) is 0 Å². The number of benzene rings is 1. The number of halogens is 2. The van der Waals surface area contributed by atoms with Gasteiger partial charge in [-0.3, -0.25) is 0 Å². The van der Waals surface area contributed by atoms with Gasteiger partial charge in [0, 0.05) is 16.6 Å². The van der Waals surface area contributed by atoms with E-state index in [1.165, 1.54) is 0 Å². The van der Waals surface area contributed by atoms with E-state index in [1.54, 1.807) is 18.2 Å². The van der Waals surface area contributed by atoms with Gasteiger partial charge in [0.2, 0.25) is 0 Å². The molecule has 0 amide bonds. The average molecular weight is 250 g/mol. The predicted molar refractivity (Wildman–Crippen MR) is 66.8 cm³/mol.